The van der Waals surface area contributed by atoms with E-state index in [9.17, 15) is 10.5 Å². The third-order valence-corrected chi connectivity index (χ3v) is 9.41. The van der Waals surface area contributed by atoms with Gasteiger partial charge in [-0.2, -0.15) is 10.5 Å². The summed E-state index contributed by atoms with van der Waals surface area (Å²) < 4.78 is 1.92. The zero-order valence-electron chi connectivity index (χ0n) is 23.4. The fraction of sp³-hybridized carbons (Fsp3) is 0.167. The van der Waals surface area contributed by atoms with Gasteiger partial charge in [-0.25, -0.2) is 0 Å². The average Bonchev–Trinajstić information content (AvgIpc) is 3.02. The Morgan fingerprint density at radius 1 is 0.571 bits per heavy atom. The predicted molar refractivity (Wildman–Crippen MR) is 180 cm³/mol. The molecular formula is C36H30Br2N4. The molecule has 0 heterocycles. The molecule has 4 aromatic rings. The second-order valence-corrected chi connectivity index (χ2v) is 12.3. The molecule has 0 saturated heterocycles. The number of hydrogen-bond acceptors (Lipinski definition) is 4. The minimum absolute atomic E-state index is 0.479. The maximum absolute atomic E-state index is 11.2. The smallest absolute Gasteiger partial charge is 0.146 e. The van der Waals surface area contributed by atoms with Gasteiger partial charge in [0.05, 0.1) is 24.0 Å². The van der Waals surface area contributed by atoms with Gasteiger partial charge in [0.2, 0.25) is 0 Å². The van der Waals surface area contributed by atoms with Gasteiger partial charge in [0.15, 0.2) is 0 Å². The molecule has 6 heteroatoms. The van der Waals surface area contributed by atoms with Crippen molar-refractivity contribution in [2.45, 2.75) is 11.1 Å². The fourth-order valence-corrected chi connectivity index (χ4v) is 6.64. The van der Waals surface area contributed by atoms with Crippen LogP contribution in [0, 0.1) is 34.5 Å². The fourth-order valence-electron chi connectivity index (χ4n) is 6.11. The highest BCUT2D eigenvalue weighted by molar-refractivity contribution is 9.10. The molecule has 0 aromatic heterocycles. The van der Waals surface area contributed by atoms with Gasteiger partial charge >= 0.3 is 0 Å². The Balaban J connectivity index is 1.73. The van der Waals surface area contributed by atoms with E-state index in [1.807, 2.05) is 145 Å². The molecule has 0 unspecified atom stereocenters. The number of rotatable bonds is 8. The van der Waals surface area contributed by atoms with Gasteiger partial charge < -0.3 is 9.80 Å². The van der Waals surface area contributed by atoms with Gasteiger partial charge in [0.1, 0.15) is 11.1 Å². The van der Waals surface area contributed by atoms with Crippen LogP contribution in [0.5, 0.6) is 0 Å². The van der Waals surface area contributed by atoms with Crippen molar-refractivity contribution in [3.63, 3.8) is 0 Å². The van der Waals surface area contributed by atoms with Crippen LogP contribution in [-0.4, -0.2) is 25.2 Å². The molecule has 42 heavy (non-hydrogen) atoms. The van der Waals surface area contributed by atoms with E-state index >= 15 is 0 Å². The van der Waals surface area contributed by atoms with Gasteiger partial charge in [0.25, 0.3) is 0 Å². The first-order valence-electron chi connectivity index (χ1n) is 13.6. The highest BCUT2D eigenvalue weighted by Gasteiger charge is 2.74. The Hall–Kier alpha value is -4.10. The normalized spacial score (nSPS) is 23.2. The summed E-state index contributed by atoms with van der Waals surface area (Å²) in [4.78, 5) is 4.09. The molecule has 4 nitrogen and oxygen atoms in total. The number of hydrogen-bond donors (Lipinski definition) is 0. The first-order valence-corrected chi connectivity index (χ1v) is 15.2. The monoisotopic (exact) mass is 676 g/mol. The molecule has 1 saturated carbocycles. The summed E-state index contributed by atoms with van der Waals surface area (Å²) in [5.41, 5.74) is 1.68. The predicted octanol–water partition coefficient (Wildman–Crippen LogP) is 8.98. The van der Waals surface area contributed by atoms with E-state index in [1.165, 1.54) is 0 Å². The number of anilines is 2. The molecule has 1 fully saturated rings. The highest BCUT2D eigenvalue weighted by atomic mass is 79.9. The molecule has 0 bridgehead atoms. The van der Waals surface area contributed by atoms with Crippen molar-refractivity contribution in [3.05, 3.63) is 141 Å². The van der Waals surface area contributed by atoms with Crippen LogP contribution in [0.3, 0.4) is 0 Å². The Labute approximate surface area is 265 Å². The molecule has 0 atom stereocenters. The quantitative estimate of drug-likeness (QED) is 0.187. The van der Waals surface area contributed by atoms with Gasteiger partial charge in [-0.15, -0.1) is 0 Å². The maximum Gasteiger partial charge on any atom is 0.146 e. The Morgan fingerprint density at radius 3 is 1.21 bits per heavy atom. The van der Waals surface area contributed by atoms with Crippen molar-refractivity contribution in [3.8, 4) is 12.1 Å². The van der Waals surface area contributed by atoms with Crippen molar-refractivity contribution < 1.29 is 0 Å². The van der Waals surface area contributed by atoms with Crippen LogP contribution in [0.25, 0.3) is 12.2 Å². The van der Waals surface area contributed by atoms with Gasteiger partial charge in [-0.05, 0) is 59.7 Å². The van der Waals surface area contributed by atoms with E-state index in [0.717, 1.165) is 31.4 Å². The van der Waals surface area contributed by atoms with Crippen LogP contribution in [0.1, 0.15) is 11.1 Å². The number of nitrogens with zero attached hydrogens (tertiary/aromatic N) is 4. The summed E-state index contributed by atoms with van der Waals surface area (Å²) in [6.45, 7) is 0. The van der Waals surface area contributed by atoms with E-state index in [2.05, 4.69) is 56.2 Å². The second kappa shape index (κ2) is 12.4. The standard InChI is InChI=1S/C36H30Br2N4/c1-41(31-19-15-29(37)16-20-31)35(25-39)33(23-13-27-9-5-3-6-10-27)36(26-40,42(2)32-21-17-30(38)18-22-32)34(35)24-14-28-11-7-4-8-12-28/h3-24,33-34H,1-2H3/b23-13+,24-14+. The van der Waals surface area contributed by atoms with Crippen molar-refractivity contribution in [2.24, 2.45) is 11.8 Å². The number of benzene rings is 4. The van der Waals surface area contributed by atoms with E-state index in [0.29, 0.717) is 0 Å². The zero-order chi connectivity index (χ0) is 29.7. The van der Waals surface area contributed by atoms with Gasteiger partial charge in [-0.1, -0.05) is 117 Å². The number of halogens is 2. The van der Waals surface area contributed by atoms with E-state index in [4.69, 9.17) is 0 Å². The summed E-state index contributed by atoms with van der Waals surface area (Å²) in [6.07, 6.45) is 8.17. The third kappa shape index (κ3) is 5.18. The molecule has 5 rings (SSSR count). The van der Waals surface area contributed by atoms with E-state index in [-0.39, 0.29) is 0 Å². The van der Waals surface area contributed by atoms with Crippen LogP contribution in [0.15, 0.2) is 130 Å². The Morgan fingerprint density at radius 2 is 0.905 bits per heavy atom. The van der Waals surface area contributed by atoms with Crippen molar-refractivity contribution in [1.82, 2.24) is 0 Å². The Kier molecular flexibility index (Phi) is 8.69. The molecule has 0 amide bonds. The SMILES string of the molecule is CN(c1ccc(Br)cc1)C1(C#N)C(/C=C/c2ccccc2)C(C#N)(N(C)c2ccc(Br)cc2)C1/C=C/c1ccccc1. The molecule has 0 radical (unpaired) electrons. The molecule has 0 aliphatic heterocycles. The lowest BCUT2D eigenvalue weighted by Crippen LogP contribution is -2.82. The third-order valence-electron chi connectivity index (χ3n) is 8.35. The summed E-state index contributed by atoms with van der Waals surface area (Å²) in [5.74, 6) is -0.958. The minimum Gasteiger partial charge on any atom is -0.355 e. The van der Waals surface area contributed by atoms with Crippen molar-refractivity contribution in [2.75, 3.05) is 23.9 Å². The van der Waals surface area contributed by atoms with Crippen LogP contribution < -0.4 is 9.80 Å². The van der Waals surface area contributed by atoms with Crippen LogP contribution in [0.2, 0.25) is 0 Å². The second-order valence-electron chi connectivity index (χ2n) is 10.4. The molecule has 0 spiro atoms. The van der Waals surface area contributed by atoms with Crippen molar-refractivity contribution >= 4 is 55.4 Å². The van der Waals surface area contributed by atoms with Crippen LogP contribution >= 0.6 is 31.9 Å². The molecule has 208 valence electrons. The van der Waals surface area contributed by atoms with Crippen LogP contribution in [0.4, 0.5) is 11.4 Å². The van der Waals surface area contributed by atoms with E-state index in [1.54, 1.807) is 0 Å². The topological polar surface area (TPSA) is 54.1 Å². The largest absolute Gasteiger partial charge is 0.355 e. The van der Waals surface area contributed by atoms with Crippen LogP contribution in [-0.2, 0) is 0 Å². The first-order chi connectivity index (χ1) is 20.4. The summed E-state index contributed by atoms with van der Waals surface area (Å²) in [7, 11) is 3.92. The van der Waals surface area contributed by atoms with Gasteiger partial charge in [0, 0.05) is 34.4 Å². The van der Waals surface area contributed by atoms with Crippen molar-refractivity contribution in [1.29, 1.82) is 10.5 Å². The lowest BCUT2D eigenvalue weighted by molar-refractivity contribution is 0.0577. The molecule has 1 aliphatic rings. The maximum atomic E-state index is 11.2. The zero-order valence-corrected chi connectivity index (χ0v) is 26.6. The summed E-state index contributed by atoms with van der Waals surface area (Å²) in [5, 5.41) is 22.3. The minimum atomic E-state index is -1.07. The lowest BCUT2D eigenvalue weighted by Gasteiger charge is -2.66. The first kappa shape index (κ1) is 29.4. The van der Waals surface area contributed by atoms with E-state index < -0.39 is 22.9 Å². The molecule has 1 aliphatic carbocycles. The summed E-state index contributed by atoms with van der Waals surface area (Å²) in [6, 6.07) is 41.4. The van der Waals surface area contributed by atoms with Gasteiger partial charge in [-0.3, -0.25) is 0 Å². The lowest BCUT2D eigenvalue weighted by atomic mass is 9.45. The molecular weight excluding hydrogens is 648 g/mol. The average molecular weight is 678 g/mol. The molecule has 4 aromatic carbocycles. The number of nitriles is 2. The molecule has 0 N–H and O–H groups in total. The highest BCUT2D eigenvalue weighted by Crippen LogP contribution is 2.60. The Bertz CT molecular complexity index is 1520. The summed E-state index contributed by atoms with van der Waals surface area (Å²) >= 11 is 7.08.